The van der Waals surface area contributed by atoms with Gasteiger partial charge in [0.1, 0.15) is 12.1 Å². The maximum atomic E-state index is 9.37. The summed E-state index contributed by atoms with van der Waals surface area (Å²) >= 11 is 0. The highest BCUT2D eigenvalue weighted by Gasteiger charge is 2.27. The lowest BCUT2D eigenvalue weighted by Crippen LogP contribution is -2.39. The Morgan fingerprint density at radius 3 is 2.71 bits per heavy atom. The Morgan fingerprint density at radius 1 is 1.14 bits per heavy atom. The van der Waals surface area contributed by atoms with Crippen LogP contribution in [0.4, 0.5) is 5.82 Å². The Balaban J connectivity index is 1.73. The second-order valence-corrected chi connectivity index (χ2v) is 5.32. The highest BCUT2D eigenvalue weighted by Crippen LogP contribution is 2.27. The number of fused-ring (bicyclic) bond motifs is 1. The first kappa shape index (κ1) is 12.3. The molecule has 1 aromatic carbocycles. The zero-order valence-corrected chi connectivity index (χ0v) is 11.3. The van der Waals surface area contributed by atoms with Gasteiger partial charge in [0.2, 0.25) is 0 Å². The highest BCUT2D eigenvalue weighted by molar-refractivity contribution is 5.87. The number of hydrogen-bond donors (Lipinski definition) is 2. The van der Waals surface area contributed by atoms with Gasteiger partial charge in [0.15, 0.2) is 5.65 Å². The molecule has 1 saturated carbocycles. The van der Waals surface area contributed by atoms with Crippen LogP contribution in [0.3, 0.4) is 0 Å². The number of benzene rings is 1. The number of anilines is 1. The summed E-state index contributed by atoms with van der Waals surface area (Å²) < 4.78 is 1.80. The standard InChI is InChI=1S/C15H15N5O/c21-12-6-10(7-12)19-14-13-8-18-20(15(13)17-9-16-14)11-4-2-1-3-5-11/h1-5,8-10,12,21H,6-7H2,(H,16,17,19). The van der Waals surface area contributed by atoms with Gasteiger partial charge in [0.25, 0.3) is 0 Å². The molecule has 0 aliphatic heterocycles. The van der Waals surface area contributed by atoms with Gasteiger partial charge in [0.05, 0.1) is 23.4 Å². The molecule has 0 atom stereocenters. The third-order valence-corrected chi connectivity index (χ3v) is 3.82. The quantitative estimate of drug-likeness (QED) is 0.765. The molecule has 0 spiro atoms. The van der Waals surface area contributed by atoms with Crippen molar-refractivity contribution in [3.8, 4) is 5.69 Å². The van der Waals surface area contributed by atoms with Gasteiger partial charge in [-0.2, -0.15) is 5.10 Å². The van der Waals surface area contributed by atoms with Crippen molar-refractivity contribution in [1.29, 1.82) is 0 Å². The minimum Gasteiger partial charge on any atom is -0.393 e. The number of aliphatic hydroxyl groups is 1. The van der Waals surface area contributed by atoms with Crippen molar-refractivity contribution in [2.45, 2.75) is 25.0 Å². The van der Waals surface area contributed by atoms with E-state index in [1.165, 1.54) is 0 Å². The third kappa shape index (κ3) is 2.13. The smallest absolute Gasteiger partial charge is 0.168 e. The molecule has 106 valence electrons. The van der Waals surface area contributed by atoms with E-state index in [9.17, 15) is 5.11 Å². The second kappa shape index (κ2) is 4.82. The highest BCUT2D eigenvalue weighted by atomic mass is 16.3. The average molecular weight is 281 g/mol. The van der Waals surface area contributed by atoms with E-state index in [1.54, 1.807) is 17.2 Å². The number of nitrogens with one attached hydrogen (secondary N) is 1. The number of hydrogen-bond acceptors (Lipinski definition) is 5. The van der Waals surface area contributed by atoms with E-state index in [0.29, 0.717) is 0 Å². The molecule has 0 saturated heterocycles. The van der Waals surface area contributed by atoms with Gasteiger partial charge < -0.3 is 10.4 Å². The van der Waals surface area contributed by atoms with Crippen LogP contribution < -0.4 is 5.32 Å². The van der Waals surface area contributed by atoms with E-state index in [4.69, 9.17) is 0 Å². The van der Waals surface area contributed by atoms with Crippen molar-refractivity contribution >= 4 is 16.9 Å². The minimum absolute atomic E-state index is 0.188. The first-order valence-corrected chi connectivity index (χ1v) is 7.00. The summed E-state index contributed by atoms with van der Waals surface area (Å²) in [5, 5.41) is 18.0. The van der Waals surface area contributed by atoms with Crippen molar-refractivity contribution in [2.75, 3.05) is 5.32 Å². The molecule has 0 amide bonds. The third-order valence-electron chi connectivity index (χ3n) is 3.82. The zero-order chi connectivity index (χ0) is 14.2. The molecule has 0 unspecified atom stereocenters. The predicted octanol–water partition coefficient (Wildman–Crippen LogP) is 1.75. The SMILES string of the molecule is OC1CC(Nc2ncnc3c2cnn3-c2ccccc2)C1. The maximum absolute atomic E-state index is 9.37. The summed E-state index contributed by atoms with van der Waals surface area (Å²) in [4.78, 5) is 8.65. The Bertz CT molecular complexity index is 764. The molecule has 0 bridgehead atoms. The van der Waals surface area contributed by atoms with Gasteiger partial charge in [-0.1, -0.05) is 18.2 Å². The van der Waals surface area contributed by atoms with Gasteiger partial charge in [-0.05, 0) is 25.0 Å². The summed E-state index contributed by atoms with van der Waals surface area (Å²) in [6.07, 6.45) is 4.66. The molecule has 4 rings (SSSR count). The Labute approximate surface area is 121 Å². The van der Waals surface area contributed by atoms with Gasteiger partial charge in [-0.15, -0.1) is 0 Å². The zero-order valence-electron chi connectivity index (χ0n) is 11.3. The molecule has 6 nitrogen and oxygen atoms in total. The monoisotopic (exact) mass is 281 g/mol. The predicted molar refractivity (Wildman–Crippen MR) is 79.3 cm³/mol. The lowest BCUT2D eigenvalue weighted by Gasteiger charge is -2.32. The topological polar surface area (TPSA) is 75.9 Å². The lowest BCUT2D eigenvalue weighted by molar-refractivity contribution is 0.0836. The van der Waals surface area contributed by atoms with E-state index in [0.717, 1.165) is 35.4 Å². The molecule has 2 aromatic heterocycles. The second-order valence-electron chi connectivity index (χ2n) is 5.32. The van der Waals surface area contributed by atoms with E-state index in [1.807, 2.05) is 30.3 Å². The van der Waals surface area contributed by atoms with Crippen LogP contribution in [-0.4, -0.2) is 37.0 Å². The maximum Gasteiger partial charge on any atom is 0.168 e. The largest absolute Gasteiger partial charge is 0.393 e. The number of nitrogens with zero attached hydrogens (tertiary/aromatic N) is 4. The molecule has 21 heavy (non-hydrogen) atoms. The van der Waals surface area contributed by atoms with E-state index >= 15 is 0 Å². The van der Waals surface area contributed by atoms with Gasteiger partial charge in [-0.3, -0.25) is 0 Å². The molecule has 6 heteroatoms. The van der Waals surface area contributed by atoms with Crippen LogP contribution in [-0.2, 0) is 0 Å². The fraction of sp³-hybridized carbons (Fsp3) is 0.267. The Hall–Kier alpha value is -2.47. The van der Waals surface area contributed by atoms with E-state index < -0.39 is 0 Å². The van der Waals surface area contributed by atoms with Crippen LogP contribution in [0.15, 0.2) is 42.9 Å². The van der Waals surface area contributed by atoms with Crippen LogP contribution in [0.1, 0.15) is 12.8 Å². The van der Waals surface area contributed by atoms with Crippen LogP contribution in [0, 0.1) is 0 Å². The average Bonchev–Trinajstić information content (AvgIpc) is 2.91. The molecule has 0 radical (unpaired) electrons. The van der Waals surface area contributed by atoms with Crippen LogP contribution in [0.5, 0.6) is 0 Å². The molecule has 2 heterocycles. The molecular formula is C15H15N5O. The number of rotatable bonds is 3. The molecular weight excluding hydrogens is 266 g/mol. The van der Waals surface area contributed by atoms with Crippen molar-refractivity contribution < 1.29 is 5.11 Å². The van der Waals surface area contributed by atoms with Crippen LogP contribution >= 0.6 is 0 Å². The van der Waals surface area contributed by atoms with Crippen LogP contribution in [0.2, 0.25) is 0 Å². The summed E-state index contributed by atoms with van der Waals surface area (Å²) in [7, 11) is 0. The lowest BCUT2D eigenvalue weighted by atomic mass is 9.89. The molecule has 1 aliphatic carbocycles. The van der Waals surface area contributed by atoms with Gasteiger partial charge >= 0.3 is 0 Å². The van der Waals surface area contributed by atoms with Crippen molar-refractivity contribution in [2.24, 2.45) is 0 Å². The summed E-state index contributed by atoms with van der Waals surface area (Å²) in [6.45, 7) is 0. The van der Waals surface area contributed by atoms with E-state index in [-0.39, 0.29) is 12.1 Å². The van der Waals surface area contributed by atoms with Crippen molar-refractivity contribution in [3.63, 3.8) is 0 Å². The summed E-state index contributed by atoms with van der Waals surface area (Å²) in [5.41, 5.74) is 1.75. The normalized spacial score (nSPS) is 21.2. The Kier molecular flexibility index (Phi) is 2.82. The van der Waals surface area contributed by atoms with Crippen molar-refractivity contribution in [3.05, 3.63) is 42.9 Å². The summed E-state index contributed by atoms with van der Waals surface area (Å²) in [6, 6.07) is 10.2. The fourth-order valence-electron chi connectivity index (χ4n) is 2.62. The number of aromatic nitrogens is 4. The fourth-order valence-corrected chi connectivity index (χ4v) is 2.62. The minimum atomic E-state index is -0.188. The van der Waals surface area contributed by atoms with Crippen LogP contribution in [0.25, 0.3) is 16.7 Å². The van der Waals surface area contributed by atoms with Crippen molar-refractivity contribution in [1.82, 2.24) is 19.7 Å². The molecule has 2 N–H and O–H groups in total. The molecule has 1 fully saturated rings. The molecule has 3 aromatic rings. The van der Waals surface area contributed by atoms with E-state index in [2.05, 4.69) is 20.4 Å². The number of para-hydroxylation sites is 1. The van der Waals surface area contributed by atoms with Gasteiger partial charge in [0, 0.05) is 6.04 Å². The first-order chi connectivity index (χ1) is 10.3. The molecule has 1 aliphatic rings. The summed E-state index contributed by atoms with van der Waals surface area (Å²) in [5.74, 6) is 0.777. The first-order valence-electron chi connectivity index (χ1n) is 7.00. The Morgan fingerprint density at radius 2 is 1.95 bits per heavy atom. The number of aliphatic hydroxyl groups excluding tert-OH is 1. The van der Waals surface area contributed by atoms with Gasteiger partial charge in [-0.25, -0.2) is 14.6 Å².